The standard InChI is InChI=1S/C27H22ClIN2O3S2/c28-21-12-10-20(11-13-21)19-35-26-9-5-4-8-25(26)30-27(32)18-31(23-16-14-22(29)15-17-23)36(33,34)24-6-2-1-3-7-24/h1-17H,18-19H2,(H,30,32). The highest BCUT2D eigenvalue weighted by Gasteiger charge is 2.27. The Kier molecular flexibility index (Phi) is 8.95. The zero-order chi connectivity index (χ0) is 25.5. The van der Waals surface area contributed by atoms with Crippen LogP contribution in [0.1, 0.15) is 5.56 Å². The zero-order valence-electron chi connectivity index (χ0n) is 19.0. The summed E-state index contributed by atoms with van der Waals surface area (Å²) in [6.07, 6.45) is 0. The topological polar surface area (TPSA) is 66.5 Å². The van der Waals surface area contributed by atoms with E-state index >= 15 is 0 Å². The van der Waals surface area contributed by atoms with E-state index in [1.165, 1.54) is 12.1 Å². The number of amides is 1. The molecule has 36 heavy (non-hydrogen) atoms. The summed E-state index contributed by atoms with van der Waals surface area (Å²) in [5.41, 5.74) is 2.14. The molecule has 4 aromatic rings. The van der Waals surface area contributed by atoms with E-state index in [4.69, 9.17) is 11.6 Å². The van der Waals surface area contributed by atoms with Crippen molar-refractivity contribution < 1.29 is 13.2 Å². The van der Waals surface area contributed by atoms with E-state index < -0.39 is 15.9 Å². The normalized spacial score (nSPS) is 11.2. The Hall–Kier alpha value is -2.53. The maximum atomic E-state index is 13.5. The van der Waals surface area contributed by atoms with Crippen LogP contribution in [-0.2, 0) is 20.6 Å². The molecule has 0 radical (unpaired) electrons. The summed E-state index contributed by atoms with van der Waals surface area (Å²) in [6, 6.07) is 30.2. The first-order chi connectivity index (χ1) is 17.3. The summed E-state index contributed by atoms with van der Waals surface area (Å²) in [4.78, 5) is 14.2. The third-order valence-electron chi connectivity index (χ3n) is 5.20. The molecule has 0 unspecified atom stereocenters. The quantitative estimate of drug-likeness (QED) is 0.156. The van der Waals surface area contributed by atoms with Crippen LogP contribution < -0.4 is 9.62 Å². The highest BCUT2D eigenvalue weighted by molar-refractivity contribution is 14.1. The number of carbonyl (C=O) groups is 1. The lowest BCUT2D eigenvalue weighted by Gasteiger charge is -2.24. The number of halogens is 2. The van der Waals surface area contributed by atoms with Crippen molar-refractivity contribution in [1.29, 1.82) is 0 Å². The van der Waals surface area contributed by atoms with Crippen molar-refractivity contribution in [2.45, 2.75) is 15.5 Å². The lowest BCUT2D eigenvalue weighted by atomic mass is 10.2. The molecule has 5 nitrogen and oxygen atoms in total. The van der Waals surface area contributed by atoms with Gasteiger partial charge in [0.2, 0.25) is 5.91 Å². The summed E-state index contributed by atoms with van der Waals surface area (Å²) < 4.78 is 29.1. The number of benzene rings is 4. The van der Waals surface area contributed by atoms with Crippen LogP contribution in [0.2, 0.25) is 5.02 Å². The third-order valence-corrected chi connectivity index (χ3v) is 9.11. The third kappa shape index (κ3) is 6.82. The highest BCUT2D eigenvalue weighted by Crippen LogP contribution is 2.31. The summed E-state index contributed by atoms with van der Waals surface area (Å²) in [7, 11) is -3.96. The largest absolute Gasteiger partial charge is 0.323 e. The number of hydrogen-bond acceptors (Lipinski definition) is 4. The molecule has 1 N–H and O–H groups in total. The van der Waals surface area contributed by atoms with Gasteiger partial charge in [-0.3, -0.25) is 9.10 Å². The molecule has 184 valence electrons. The maximum Gasteiger partial charge on any atom is 0.264 e. The summed E-state index contributed by atoms with van der Waals surface area (Å²) in [5.74, 6) is 0.258. The Morgan fingerprint density at radius 1 is 0.861 bits per heavy atom. The van der Waals surface area contributed by atoms with Crippen LogP contribution in [0.4, 0.5) is 11.4 Å². The second-order valence-electron chi connectivity index (χ2n) is 7.76. The van der Waals surface area contributed by atoms with Gasteiger partial charge in [-0.15, -0.1) is 11.8 Å². The first kappa shape index (κ1) is 26.5. The molecule has 0 heterocycles. The van der Waals surface area contributed by atoms with Crippen LogP contribution in [0.5, 0.6) is 0 Å². The molecule has 0 aliphatic carbocycles. The molecule has 4 aromatic carbocycles. The van der Waals surface area contributed by atoms with Crippen LogP contribution in [0.15, 0.2) is 113 Å². The number of anilines is 2. The average molecular weight is 649 g/mol. The summed E-state index contributed by atoms with van der Waals surface area (Å²) >= 11 is 9.71. The van der Waals surface area contributed by atoms with Gasteiger partial charge in [0.15, 0.2) is 0 Å². The minimum atomic E-state index is -3.96. The molecule has 0 bridgehead atoms. The SMILES string of the molecule is O=C(CN(c1ccc(I)cc1)S(=O)(=O)c1ccccc1)Nc1ccccc1SCc1ccc(Cl)cc1. The van der Waals surface area contributed by atoms with Gasteiger partial charge in [-0.25, -0.2) is 8.42 Å². The average Bonchev–Trinajstić information content (AvgIpc) is 2.89. The molecule has 4 rings (SSSR count). The predicted octanol–water partition coefficient (Wildman–Crippen LogP) is 7.07. The fraction of sp³-hybridized carbons (Fsp3) is 0.0741. The molecular weight excluding hydrogens is 627 g/mol. The smallest absolute Gasteiger partial charge is 0.264 e. The van der Waals surface area contributed by atoms with Crippen molar-refractivity contribution in [3.8, 4) is 0 Å². The van der Waals surface area contributed by atoms with E-state index in [1.807, 2.05) is 60.7 Å². The lowest BCUT2D eigenvalue weighted by Crippen LogP contribution is -2.38. The maximum absolute atomic E-state index is 13.5. The van der Waals surface area contributed by atoms with E-state index in [9.17, 15) is 13.2 Å². The number of para-hydroxylation sites is 1. The van der Waals surface area contributed by atoms with Crippen LogP contribution in [0.3, 0.4) is 0 Å². The first-order valence-electron chi connectivity index (χ1n) is 10.9. The number of hydrogen-bond donors (Lipinski definition) is 1. The Bertz CT molecular complexity index is 1430. The van der Waals surface area contributed by atoms with Gasteiger partial charge in [-0.05, 0) is 88.8 Å². The number of carbonyl (C=O) groups excluding carboxylic acids is 1. The van der Waals surface area contributed by atoms with Crippen LogP contribution in [0.25, 0.3) is 0 Å². The van der Waals surface area contributed by atoms with Crippen LogP contribution >= 0.6 is 46.0 Å². The number of nitrogens with one attached hydrogen (secondary N) is 1. The molecule has 0 aliphatic rings. The summed E-state index contributed by atoms with van der Waals surface area (Å²) in [6.45, 7) is -0.367. The molecule has 0 spiro atoms. The van der Waals surface area contributed by atoms with Crippen molar-refractivity contribution in [3.63, 3.8) is 0 Å². The van der Waals surface area contributed by atoms with Gasteiger partial charge in [0.1, 0.15) is 6.54 Å². The Morgan fingerprint density at radius 2 is 1.50 bits per heavy atom. The molecule has 9 heteroatoms. The Labute approximate surface area is 234 Å². The monoisotopic (exact) mass is 648 g/mol. The van der Waals surface area contributed by atoms with E-state index in [2.05, 4.69) is 27.9 Å². The molecule has 0 aromatic heterocycles. The van der Waals surface area contributed by atoms with Crippen LogP contribution in [0, 0.1) is 3.57 Å². The fourth-order valence-electron chi connectivity index (χ4n) is 3.40. The van der Waals surface area contributed by atoms with Gasteiger partial charge >= 0.3 is 0 Å². The highest BCUT2D eigenvalue weighted by atomic mass is 127. The Morgan fingerprint density at radius 3 is 2.19 bits per heavy atom. The Balaban J connectivity index is 1.55. The molecular formula is C27H22ClIN2O3S2. The number of sulfonamides is 1. The summed E-state index contributed by atoms with van der Waals surface area (Å²) in [5, 5.41) is 3.58. The van der Waals surface area contributed by atoms with E-state index in [0.29, 0.717) is 22.2 Å². The number of rotatable bonds is 9. The van der Waals surface area contributed by atoms with Gasteiger partial charge in [0, 0.05) is 19.2 Å². The molecule has 0 atom stereocenters. The molecule has 0 saturated carbocycles. The first-order valence-corrected chi connectivity index (χ1v) is 14.8. The number of thioether (sulfide) groups is 1. The fourth-order valence-corrected chi connectivity index (χ4v) is 6.29. The minimum Gasteiger partial charge on any atom is -0.323 e. The molecule has 0 fully saturated rings. The molecule has 0 saturated heterocycles. The van der Waals surface area contributed by atoms with Crippen molar-refractivity contribution in [2.24, 2.45) is 0 Å². The predicted molar refractivity (Wildman–Crippen MR) is 156 cm³/mol. The van der Waals surface area contributed by atoms with Crippen molar-refractivity contribution in [1.82, 2.24) is 0 Å². The van der Waals surface area contributed by atoms with Gasteiger partial charge in [0.25, 0.3) is 10.0 Å². The second-order valence-corrected chi connectivity index (χ2v) is 12.3. The van der Waals surface area contributed by atoms with Crippen LogP contribution in [-0.4, -0.2) is 20.9 Å². The molecule has 0 aliphatic heterocycles. The van der Waals surface area contributed by atoms with Crippen molar-refractivity contribution in [3.05, 3.63) is 117 Å². The minimum absolute atomic E-state index is 0.121. The van der Waals surface area contributed by atoms with Crippen molar-refractivity contribution >= 4 is 73.3 Å². The number of nitrogens with zero attached hydrogens (tertiary/aromatic N) is 1. The molecule has 1 amide bonds. The van der Waals surface area contributed by atoms with Gasteiger partial charge in [-0.2, -0.15) is 0 Å². The van der Waals surface area contributed by atoms with Gasteiger partial charge in [-0.1, -0.05) is 54.1 Å². The zero-order valence-corrected chi connectivity index (χ0v) is 23.5. The van der Waals surface area contributed by atoms with E-state index in [-0.39, 0.29) is 11.4 Å². The van der Waals surface area contributed by atoms with Gasteiger partial charge in [0.05, 0.1) is 16.3 Å². The van der Waals surface area contributed by atoms with Gasteiger partial charge < -0.3 is 5.32 Å². The lowest BCUT2D eigenvalue weighted by molar-refractivity contribution is -0.114. The van der Waals surface area contributed by atoms with E-state index in [0.717, 1.165) is 18.3 Å². The second kappa shape index (κ2) is 12.1. The van der Waals surface area contributed by atoms with Crippen molar-refractivity contribution in [2.75, 3.05) is 16.2 Å². The van der Waals surface area contributed by atoms with E-state index in [1.54, 1.807) is 42.1 Å².